The number of nitriles is 1. The Bertz CT molecular complexity index is 2420. The average Bonchev–Trinajstić information content (AvgIpc) is 3.36. The maximum atomic E-state index is 11.2. The summed E-state index contributed by atoms with van der Waals surface area (Å²) >= 11 is 0. The third-order valence-electron chi connectivity index (χ3n) is 11.5. The summed E-state index contributed by atoms with van der Waals surface area (Å²) in [4.78, 5) is 22.2. The van der Waals surface area contributed by atoms with E-state index in [4.69, 9.17) is 0 Å². The van der Waals surface area contributed by atoms with Crippen LogP contribution in [0.5, 0.6) is 0 Å². The SMILES string of the molecule is C=CCC1=CC=C(c2ccc(CCN(CCC)CCC)c(C)c2)CC1.CC.CC/C=C(\C=C(\C)CC)c1ccc(CC(C)=O)cc1C#N.Cc1ccc(-c2ccccc2)nc1.Cc1ccc(C)nc1. The van der Waals surface area contributed by atoms with Crippen LogP contribution in [0.25, 0.3) is 22.4 Å². The van der Waals surface area contributed by atoms with Gasteiger partial charge in [0.2, 0.25) is 0 Å². The van der Waals surface area contributed by atoms with Crippen LogP contribution in [-0.2, 0) is 17.6 Å². The van der Waals surface area contributed by atoms with Crippen LogP contribution in [0.3, 0.4) is 0 Å². The Hall–Kier alpha value is -6.22. The standard InChI is InChI=1S/C24H35N.C19H23NO.C12H11N.C7H9N.C2H6/c1-5-8-21-9-11-23(12-10-21)24-14-13-22(20(4)19-24)15-18-25(16-6-2)17-7-3;1-5-7-17(10-14(3)6-2)19-9-8-16(11-15(4)21)12-18(19)13-20;1-10-7-8-12(13-9-10)11-5-3-2-4-6-11;1-6-3-4-7(2)8-5-6;1-2/h5,9,11,13-14,19H,1,6-8,10,12,15-18H2,2-4H3;7-10,12H,5-6,11H2,1-4H3;2-9H,1H3;3-5H,1-2H3;1-2H3/b;14-10-,17-7+;;;. The van der Waals surface area contributed by atoms with Gasteiger partial charge in [0.1, 0.15) is 5.78 Å². The highest BCUT2D eigenvalue weighted by molar-refractivity contribution is 5.81. The zero-order chi connectivity index (χ0) is 51.0. The molecule has 0 atom stereocenters. The Balaban J connectivity index is 0.000000332. The number of Topliss-reactive ketones (excluding diaryl/α,β-unsaturated/α-hetero) is 1. The van der Waals surface area contributed by atoms with E-state index in [2.05, 4.69) is 136 Å². The predicted molar refractivity (Wildman–Crippen MR) is 299 cm³/mol. The van der Waals surface area contributed by atoms with Gasteiger partial charge in [-0.25, -0.2) is 0 Å². The molecule has 5 heteroatoms. The quantitative estimate of drug-likeness (QED) is 0.0686. The molecule has 3 aromatic carbocycles. The molecule has 2 heterocycles. The zero-order valence-corrected chi connectivity index (χ0v) is 44.6. The minimum Gasteiger partial charge on any atom is -0.303 e. The Morgan fingerprint density at radius 1 is 0.768 bits per heavy atom. The lowest BCUT2D eigenvalue weighted by atomic mass is 9.90. The Labute approximate surface area is 419 Å². The van der Waals surface area contributed by atoms with E-state index >= 15 is 0 Å². The van der Waals surface area contributed by atoms with Crippen LogP contribution in [0.2, 0.25) is 0 Å². The largest absolute Gasteiger partial charge is 0.303 e. The first-order chi connectivity index (χ1) is 33.3. The summed E-state index contributed by atoms with van der Waals surface area (Å²) in [7, 11) is 0. The number of carbonyl (C=O) groups is 1. The summed E-state index contributed by atoms with van der Waals surface area (Å²) in [6.07, 6.45) is 23.9. The number of carbonyl (C=O) groups excluding carboxylic acids is 1. The number of nitrogens with zero attached hydrogens (tertiary/aromatic N) is 4. The molecule has 5 nitrogen and oxygen atoms in total. The van der Waals surface area contributed by atoms with E-state index in [0.29, 0.717) is 12.0 Å². The number of allylic oxidation sites excluding steroid dienone is 9. The zero-order valence-electron chi connectivity index (χ0n) is 44.6. The van der Waals surface area contributed by atoms with Crippen molar-refractivity contribution in [1.29, 1.82) is 5.26 Å². The molecule has 0 amide bonds. The van der Waals surface area contributed by atoms with Crippen molar-refractivity contribution in [3.8, 4) is 17.3 Å². The summed E-state index contributed by atoms with van der Waals surface area (Å²) in [6.45, 7) is 32.2. The Kier molecular flexibility index (Phi) is 29.1. The summed E-state index contributed by atoms with van der Waals surface area (Å²) in [5, 5.41) is 9.40. The van der Waals surface area contributed by atoms with Crippen LogP contribution in [-0.4, -0.2) is 40.3 Å². The van der Waals surface area contributed by atoms with Crippen LogP contribution >= 0.6 is 0 Å². The molecule has 5 aromatic rings. The normalized spacial score (nSPS) is 11.9. The second-order valence-corrected chi connectivity index (χ2v) is 17.6. The van der Waals surface area contributed by atoms with Gasteiger partial charge in [-0.3, -0.25) is 14.8 Å². The molecule has 0 spiro atoms. The molecule has 2 aromatic heterocycles. The van der Waals surface area contributed by atoms with E-state index in [0.717, 1.165) is 60.2 Å². The molecule has 69 heavy (non-hydrogen) atoms. The third kappa shape index (κ3) is 22.6. The molecular weight excluding hydrogens is 841 g/mol. The van der Waals surface area contributed by atoms with Gasteiger partial charge in [-0.15, -0.1) is 6.58 Å². The molecule has 6 rings (SSSR count). The van der Waals surface area contributed by atoms with Gasteiger partial charge in [-0.1, -0.05) is 156 Å². The van der Waals surface area contributed by atoms with Crippen molar-refractivity contribution in [2.24, 2.45) is 0 Å². The first kappa shape index (κ1) is 58.9. The molecule has 1 aliphatic rings. The molecule has 0 bridgehead atoms. The molecule has 0 saturated heterocycles. The fourth-order valence-electron chi connectivity index (χ4n) is 7.66. The van der Waals surface area contributed by atoms with Crippen molar-refractivity contribution >= 4 is 16.9 Å². The van der Waals surface area contributed by atoms with Gasteiger partial charge >= 0.3 is 0 Å². The molecular formula is C64H84N4O. The van der Waals surface area contributed by atoms with E-state index in [1.807, 2.05) is 102 Å². The van der Waals surface area contributed by atoms with Crippen LogP contribution in [0.15, 0.2) is 151 Å². The number of hydrogen-bond acceptors (Lipinski definition) is 5. The summed E-state index contributed by atoms with van der Waals surface area (Å²) in [6, 6.07) is 33.4. The average molecular weight is 925 g/mol. The maximum Gasteiger partial charge on any atom is 0.134 e. The number of pyridine rings is 2. The van der Waals surface area contributed by atoms with Gasteiger partial charge in [0.05, 0.1) is 17.3 Å². The van der Waals surface area contributed by atoms with Crippen molar-refractivity contribution in [2.75, 3.05) is 19.6 Å². The lowest BCUT2D eigenvalue weighted by molar-refractivity contribution is -0.116. The highest BCUT2D eigenvalue weighted by Gasteiger charge is 2.11. The number of aryl methyl sites for hydroxylation is 4. The molecule has 0 unspecified atom stereocenters. The van der Waals surface area contributed by atoms with Crippen molar-refractivity contribution < 1.29 is 4.79 Å². The number of hydrogen-bond donors (Lipinski definition) is 0. The number of rotatable bonds is 17. The van der Waals surface area contributed by atoms with Gasteiger partial charge in [-0.05, 0) is 174 Å². The van der Waals surface area contributed by atoms with Crippen molar-refractivity contribution in [1.82, 2.24) is 14.9 Å². The van der Waals surface area contributed by atoms with Crippen LogP contribution in [0, 0.1) is 39.0 Å². The van der Waals surface area contributed by atoms with E-state index in [1.54, 1.807) is 6.92 Å². The summed E-state index contributed by atoms with van der Waals surface area (Å²) in [5.41, 5.74) is 17.8. The van der Waals surface area contributed by atoms with Gasteiger partial charge in [0.15, 0.2) is 0 Å². The van der Waals surface area contributed by atoms with E-state index < -0.39 is 0 Å². The highest BCUT2D eigenvalue weighted by Crippen LogP contribution is 2.30. The molecule has 366 valence electrons. The minimum atomic E-state index is 0.109. The van der Waals surface area contributed by atoms with Gasteiger partial charge in [-0.2, -0.15) is 5.26 Å². The van der Waals surface area contributed by atoms with E-state index in [-0.39, 0.29) is 5.78 Å². The monoisotopic (exact) mass is 925 g/mol. The van der Waals surface area contributed by atoms with E-state index in [9.17, 15) is 10.1 Å². The number of benzene rings is 3. The lowest BCUT2D eigenvalue weighted by Gasteiger charge is -2.21. The summed E-state index contributed by atoms with van der Waals surface area (Å²) < 4.78 is 0. The fourth-order valence-corrected chi connectivity index (χ4v) is 7.66. The fraction of sp³-hybridized carbons (Fsp3) is 0.375. The molecule has 0 N–H and O–H groups in total. The van der Waals surface area contributed by atoms with Gasteiger partial charge < -0.3 is 4.90 Å². The molecule has 0 saturated carbocycles. The molecule has 0 aliphatic heterocycles. The first-order valence-corrected chi connectivity index (χ1v) is 25.4. The lowest BCUT2D eigenvalue weighted by Crippen LogP contribution is -2.27. The highest BCUT2D eigenvalue weighted by atomic mass is 16.1. The number of aromatic nitrogens is 2. The predicted octanol–water partition coefficient (Wildman–Crippen LogP) is 17.0. The second kappa shape index (κ2) is 34.1. The van der Waals surface area contributed by atoms with E-state index in [1.165, 1.54) is 89.0 Å². The van der Waals surface area contributed by atoms with Crippen LogP contribution in [0.4, 0.5) is 0 Å². The molecule has 1 aliphatic carbocycles. The van der Waals surface area contributed by atoms with Gasteiger partial charge in [0, 0.05) is 36.6 Å². The van der Waals surface area contributed by atoms with Gasteiger partial charge in [0.25, 0.3) is 0 Å². The third-order valence-corrected chi connectivity index (χ3v) is 11.5. The van der Waals surface area contributed by atoms with Crippen molar-refractivity contribution in [3.63, 3.8) is 0 Å². The van der Waals surface area contributed by atoms with Crippen molar-refractivity contribution in [2.45, 2.75) is 141 Å². The maximum absolute atomic E-state index is 11.2. The number of ketones is 1. The smallest absolute Gasteiger partial charge is 0.134 e. The minimum absolute atomic E-state index is 0.109. The van der Waals surface area contributed by atoms with Crippen molar-refractivity contribution in [3.05, 3.63) is 202 Å². The first-order valence-electron chi connectivity index (χ1n) is 25.4. The van der Waals surface area contributed by atoms with Crippen LogP contribution in [0.1, 0.15) is 151 Å². The summed E-state index contributed by atoms with van der Waals surface area (Å²) in [5.74, 6) is 0.109. The Morgan fingerprint density at radius 3 is 1.96 bits per heavy atom. The Morgan fingerprint density at radius 2 is 1.45 bits per heavy atom. The topological polar surface area (TPSA) is 69.9 Å². The second-order valence-electron chi connectivity index (χ2n) is 17.6. The molecule has 0 fully saturated rings. The van der Waals surface area contributed by atoms with Crippen LogP contribution < -0.4 is 0 Å². The molecule has 0 radical (unpaired) electrons.